The number of rotatable bonds is 10. The van der Waals surface area contributed by atoms with E-state index in [1.807, 2.05) is 19.9 Å². The predicted octanol–water partition coefficient (Wildman–Crippen LogP) is 4.88. The number of benzene rings is 1. The van der Waals surface area contributed by atoms with Crippen LogP contribution < -0.4 is 10.2 Å². The molecule has 0 aromatic heterocycles. The molecule has 4 rings (SSSR count). The second-order valence-corrected chi connectivity index (χ2v) is 20.3. The minimum Gasteiger partial charge on any atom is -0.459 e. The van der Waals surface area contributed by atoms with Crippen molar-refractivity contribution in [3.63, 3.8) is 0 Å². The van der Waals surface area contributed by atoms with Crippen molar-refractivity contribution in [2.75, 3.05) is 32.6 Å². The molecule has 1 aromatic carbocycles. The molecule has 0 spiro atoms. The van der Waals surface area contributed by atoms with Crippen molar-refractivity contribution in [2.24, 2.45) is 17.8 Å². The SMILES string of the molecule is CCC[C@H]1OC(=O)[C@H](C)[C@@H](O[C@H]2C[C@@](C)(OC)[C@](O)(CC#N)[C@H](C)O2)[C@H](C)[C@@H](O[C@@H]2O[C@H](C)CC(N(C)C(=O)N(C)c3ccc(C(F)(F)F)cc3)[C@H]2O)[C@](C)(O)C[C@@H](C)CN[C@H](C)[C@@H](O)[C@]1(C)O. The number of carbonyl (C=O) groups excluding carboxylic acids is 2. The zero-order valence-corrected chi connectivity index (χ0v) is 41.8. The Kier molecular flexibility index (Phi) is 19.0. The van der Waals surface area contributed by atoms with Crippen molar-refractivity contribution in [3.05, 3.63) is 29.8 Å². The molecule has 0 saturated carbocycles. The molecule has 3 heterocycles. The van der Waals surface area contributed by atoms with Crippen LogP contribution in [0.4, 0.5) is 23.7 Å². The number of urea groups is 1. The maximum Gasteiger partial charge on any atom is 0.416 e. The highest BCUT2D eigenvalue weighted by Gasteiger charge is 2.59. The van der Waals surface area contributed by atoms with Gasteiger partial charge in [0.05, 0.1) is 60.0 Å². The van der Waals surface area contributed by atoms with E-state index in [0.29, 0.717) is 6.42 Å². The van der Waals surface area contributed by atoms with Crippen molar-refractivity contribution in [2.45, 2.75) is 204 Å². The summed E-state index contributed by atoms with van der Waals surface area (Å²) in [5, 5.41) is 72.9. The van der Waals surface area contributed by atoms with Crippen LogP contribution in [0.25, 0.3) is 0 Å². The van der Waals surface area contributed by atoms with Crippen molar-refractivity contribution < 1.29 is 76.7 Å². The molecule has 1 aromatic rings. The highest BCUT2D eigenvalue weighted by molar-refractivity contribution is 5.91. The van der Waals surface area contributed by atoms with Crippen LogP contribution in [0.2, 0.25) is 0 Å². The van der Waals surface area contributed by atoms with Crippen molar-refractivity contribution in [1.82, 2.24) is 10.2 Å². The first kappa shape index (κ1) is 57.4. The third kappa shape index (κ3) is 12.4. The molecule has 0 radical (unpaired) electrons. The highest BCUT2D eigenvalue weighted by atomic mass is 19.4. The number of alkyl halides is 3. The van der Waals surface area contributed by atoms with Crippen molar-refractivity contribution in [3.8, 4) is 6.07 Å². The van der Waals surface area contributed by atoms with Crippen LogP contribution in [-0.4, -0.2) is 160 Å². The molecule has 388 valence electrons. The van der Waals surface area contributed by atoms with Gasteiger partial charge in [-0.05, 0) is 104 Å². The fourth-order valence-corrected chi connectivity index (χ4v) is 10.2. The summed E-state index contributed by atoms with van der Waals surface area (Å²) in [6.07, 6.45) is -15.3. The summed E-state index contributed by atoms with van der Waals surface area (Å²) in [5.74, 6) is -3.37. The molecule has 2 amide bonds. The number of nitrogens with one attached hydrogen (secondary N) is 1. The lowest BCUT2D eigenvalue weighted by Crippen LogP contribution is -2.66. The monoisotopic (exact) mass is 975 g/mol. The Bertz CT molecular complexity index is 1870. The number of nitrogens with zero attached hydrogens (tertiary/aromatic N) is 3. The third-order valence-corrected chi connectivity index (χ3v) is 14.7. The maximum atomic E-state index is 14.5. The van der Waals surface area contributed by atoms with Crippen LogP contribution in [0, 0.1) is 29.1 Å². The summed E-state index contributed by atoms with van der Waals surface area (Å²) in [7, 11) is 4.22. The summed E-state index contributed by atoms with van der Waals surface area (Å²) in [5.41, 5.74) is -7.60. The summed E-state index contributed by atoms with van der Waals surface area (Å²) < 4.78 is 77.9. The number of amides is 2. The molecule has 6 N–H and O–H groups in total. The van der Waals surface area contributed by atoms with Gasteiger partial charge in [0.1, 0.15) is 35.1 Å². The van der Waals surface area contributed by atoms with Crippen LogP contribution in [0.1, 0.15) is 113 Å². The fourth-order valence-electron chi connectivity index (χ4n) is 10.2. The van der Waals surface area contributed by atoms with Crippen LogP contribution in [0.3, 0.4) is 0 Å². The molecular weight excluding hydrogens is 898 g/mol. The van der Waals surface area contributed by atoms with E-state index in [0.717, 1.165) is 17.0 Å². The number of halogens is 3. The van der Waals surface area contributed by atoms with E-state index in [2.05, 4.69) is 5.32 Å². The first-order valence-electron chi connectivity index (χ1n) is 23.6. The Hall–Kier alpha value is -3.20. The Balaban J connectivity index is 1.80. The van der Waals surface area contributed by atoms with E-state index in [1.165, 1.54) is 52.1 Å². The Morgan fingerprint density at radius 1 is 0.985 bits per heavy atom. The number of anilines is 1. The van der Waals surface area contributed by atoms with Gasteiger partial charge in [-0.3, -0.25) is 9.69 Å². The molecule has 3 saturated heterocycles. The topological polar surface area (TPSA) is 233 Å². The largest absolute Gasteiger partial charge is 0.459 e. The average Bonchev–Trinajstić information content (AvgIpc) is 3.26. The molecule has 18 atom stereocenters. The second-order valence-electron chi connectivity index (χ2n) is 20.3. The number of hydrogen-bond acceptors (Lipinski definition) is 15. The van der Waals surface area contributed by atoms with Gasteiger partial charge in [0.15, 0.2) is 12.6 Å². The number of aliphatic hydroxyl groups excluding tert-OH is 2. The Morgan fingerprint density at radius 3 is 2.16 bits per heavy atom. The lowest BCUT2D eigenvalue weighted by Gasteiger charge is -2.53. The molecule has 3 fully saturated rings. The molecule has 0 bridgehead atoms. The number of cyclic esters (lactones) is 1. The van der Waals surface area contributed by atoms with E-state index in [9.17, 15) is 53.6 Å². The van der Waals surface area contributed by atoms with Crippen LogP contribution in [-0.2, 0) is 39.4 Å². The van der Waals surface area contributed by atoms with E-state index in [4.69, 9.17) is 28.4 Å². The number of likely N-dealkylation sites (N-methyl/N-ethyl adjacent to an activating group) is 1. The number of nitriles is 1. The van der Waals surface area contributed by atoms with Crippen molar-refractivity contribution >= 4 is 17.7 Å². The quantitative estimate of drug-likeness (QED) is 0.172. The molecular formula is C48H77F3N4O13. The van der Waals surface area contributed by atoms with E-state index < -0.39 is 125 Å². The number of esters is 1. The average molecular weight is 975 g/mol. The maximum absolute atomic E-state index is 14.5. The molecule has 1 unspecified atom stereocenters. The van der Waals surface area contributed by atoms with Gasteiger partial charge in [0.25, 0.3) is 0 Å². The predicted molar refractivity (Wildman–Crippen MR) is 243 cm³/mol. The summed E-state index contributed by atoms with van der Waals surface area (Å²) in [4.78, 5) is 30.9. The minimum atomic E-state index is -4.58. The van der Waals surface area contributed by atoms with E-state index in [-0.39, 0.29) is 50.3 Å². The lowest BCUT2D eigenvalue weighted by molar-refractivity contribution is -0.336. The summed E-state index contributed by atoms with van der Waals surface area (Å²) in [6, 6.07) is 3.76. The van der Waals surface area contributed by atoms with Crippen LogP contribution in [0.5, 0.6) is 0 Å². The first-order chi connectivity index (χ1) is 31.4. The molecule has 17 nitrogen and oxygen atoms in total. The molecule has 3 aliphatic rings. The zero-order valence-electron chi connectivity index (χ0n) is 41.8. The summed E-state index contributed by atoms with van der Waals surface area (Å²) in [6.45, 7) is 16.7. The number of hydrogen-bond donors (Lipinski definition) is 6. The summed E-state index contributed by atoms with van der Waals surface area (Å²) >= 11 is 0. The number of aliphatic hydroxyl groups is 5. The Morgan fingerprint density at radius 2 is 1.60 bits per heavy atom. The van der Waals surface area contributed by atoms with Gasteiger partial charge in [0, 0.05) is 45.3 Å². The van der Waals surface area contributed by atoms with Gasteiger partial charge in [0.2, 0.25) is 0 Å². The fraction of sp³-hybridized carbons (Fsp3) is 0.812. The van der Waals surface area contributed by atoms with Gasteiger partial charge in [-0.1, -0.05) is 27.2 Å². The first-order valence-corrected chi connectivity index (χ1v) is 23.6. The molecule has 3 aliphatic heterocycles. The van der Waals surface area contributed by atoms with E-state index in [1.54, 1.807) is 41.5 Å². The normalized spacial score (nSPS) is 41.4. The van der Waals surface area contributed by atoms with Crippen LogP contribution >= 0.6 is 0 Å². The molecule has 0 aliphatic carbocycles. The Labute approximate surface area is 399 Å². The standard InChI is InChI=1S/C48H77F3N4O13/c1-14-15-35-46(10,61)39(57)30(6)53-25-26(2)23-44(8,60)40(28(4)38(29(5)41(58)66-35)67-36-24-45(9,63-13)47(62,20-21-52)31(7)65-36)68-42-37(56)34(22-27(3)64-42)55(12)43(59)54(11)33-18-16-32(17-19-33)48(49,50)51/h16-19,26-31,34-40,42,53,56-57,60-62H,14-15,20,22-25H2,1-13H3/t26-,27-,28+,29-,30-,31+,34?,35-,36+,37-,38+,39-,40-,42+,44-,45-,46-,47+/m1/s1. The van der Waals surface area contributed by atoms with Gasteiger partial charge >= 0.3 is 18.2 Å². The van der Waals surface area contributed by atoms with Gasteiger partial charge < -0.3 is 64.2 Å². The lowest BCUT2D eigenvalue weighted by atomic mass is 9.73. The van der Waals surface area contributed by atoms with Crippen LogP contribution in [0.15, 0.2) is 24.3 Å². The highest BCUT2D eigenvalue weighted by Crippen LogP contribution is 2.45. The van der Waals surface area contributed by atoms with Crippen molar-refractivity contribution in [1.29, 1.82) is 5.26 Å². The molecule has 68 heavy (non-hydrogen) atoms. The third-order valence-electron chi connectivity index (χ3n) is 14.7. The number of ether oxygens (including phenoxy) is 6. The van der Waals surface area contributed by atoms with Gasteiger partial charge in [-0.25, -0.2) is 4.79 Å². The smallest absolute Gasteiger partial charge is 0.416 e. The van der Waals surface area contributed by atoms with Gasteiger partial charge in [-0.15, -0.1) is 0 Å². The number of methoxy groups -OCH3 is 1. The minimum absolute atomic E-state index is 0.0379. The number of carbonyl (C=O) groups is 2. The second kappa shape index (κ2) is 22.5. The van der Waals surface area contributed by atoms with Gasteiger partial charge in [-0.2, -0.15) is 18.4 Å². The zero-order chi connectivity index (χ0) is 51.5. The molecule has 20 heteroatoms. The van der Waals surface area contributed by atoms with E-state index >= 15 is 0 Å².